The van der Waals surface area contributed by atoms with Gasteiger partial charge in [0, 0.05) is 6.20 Å². The van der Waals surface area contributed by atoms with E-state index in [-0.39, 0.29) is 5.43 Å². The third-order valence-electron chi connectivity index (χ3n) is 2.87. The number of aromatic nitrogens is 1. The quantitative estimate of drug-likeness (QED) is 0.643. The van der Waals surface area contributed by atoms with Crippen LogP contribution in [0.15, 0.2) is 53.5 Å². The fourth-order valence-corrected chi connectivity index (χ4v) is 2.61. The highest BCUT2D eigenvalue weighted by Crippen LogP contribution is 2.31. The van der Waals surface area contributed by atoms with Crippen molar-refractivity contribution in [1.82, 2.24) is 4.98 Å². The number of H-pyrrole nitrogens is 1. The van der Waals surface area contributed by atoms with E-state index in [4.69, 9.17) is 16.3 Å². The van der Waals surface area contributed by atoms with Gasteiger partial charge in [-0.2, -0.15) is 0 Å². The zero-order valence-corrected chi connectivity index (χ0v) is 13.1. The molecule has 0 atom stereocenters. The van der Waals surface area contributed by atoms with Crippen LogP contribution in [-0.4, -0.2) is 4.98 Å². The van der Waals surface area contributed by atoms with Crippen LogP contribution >= 0.6 is 34.2 Å². The van der Waals surface area contributed by atoms with E-state index in [0.29, 0.717) is 31.0 Å². The van der Waals surface area contributed by atoms with Gasteiger partial charge in [0.2, 0.25) is 5.43 Å². The molecule has 0 bridgehead atoms. The molecule has 3 rings (SSSR count). The van der Waals surface area contributed by atoms with Crippen molar-refractivity contribution in [2.75, 3.05) is 0 Å². The van der Waals surface area contributed by atoms with E-state index in [1.54, 1.807) is 18.3 Å². The summed E-state index contributed by atoms with van der Waals surface area (Å²) in [6, 6.07) is 12.8. The number of hydrogen-bond acceptors (Lipinski definition) is 2. The fraction of sp³-hybridized carbons (Fsp3) is 0. The van der Waals surface area contributed by atoms with E-state index in [9.17, 15) is 4.79 Å². The average Bonchev–Trinajstić information content (AvgIpc) is 2.46. The lowest BCUT2D eigenvalue weighted by Crippen LogP contribution is -2.07. The Hall–Kier alpha value is -1.53. The van der Waals surface area contributed by atoms with Crippen molar-refractivity contribution in [2.45, 2.75) is 0 Å². The maximum Gasteiger partial charge on any atom is 0.204 e. The number of para-hydroxylation sites is 1. The third-order valence-corrected chi connectivity index (χ3v) is 3.99. The van der Waals surface area contributed by atoms with Crippen LogP contribution in [0.1, 0.15) is 0 Å². The molecule has 0 aliphatic carbocycles. The second kappa shape index (κ2) is 5.46. The van der Waals surface area contributed by atoms with Crippen molar-refractivity contribution in [3.63, 3.8) is 0 Å². The predicted molar refractivity (Wildman–Crippen MR) is 88.8 cm³/mol. The van der Waals surface area contributed by atoms with Crippen LogP contribution in [0.5, 0.6) is 11.5 Å². The fourth-order valence-electron chi connectivity index (χ4n) is 1.94. The van der Waals surface area contributed by atoms with Gasteiger partial charge in [-0.15, -0.1) is 0 Å². The summed E-state index contributed by atoms with van der Waals surface area (Å²) in [6.45, 7) is 0. The highest BCUT2D eigenvalue weighted by molar-refractivity contribution is 14.1. The molecule has 5 heteroatoms. The summed E-state index contributed by atoms with van der Waals surface area (Å²) in [7, 11) is 0. The Morgan fingerprint density at radius 3 is 2.60 bits per heavy atom. The second-order valence-electron chi connectivity index (χ2n) is 4.18. The van der Waals surface area contributed by atoms with Gasteiger partial charge in [-0.1, -0.05) is 29.8 Å². The van der Waals surface area contributed by atoms with E-state index < -0.39 is 0 Å². The first kappa shape index (κ1) is 13.5. The molecule has 0 aliphatic rings. The Morgan fingerprint density at radius 2 is 1.85 bits per heavy atom. The number of benzene rings is 2. The Morgan fingerprint density at radius 1 is 1.10 bits per heavy atom. The molecule has 0 saturated carbocycles. The van der Waals surface area contributed by atoms with E-state index in [1.165, 1.54) is 0 Å². The molecular weight excluding hydrogens is 389 g/mol. The Bertz CT molecular complexity index is 830. The molecule has 100 valence electrons. The van der Waals surface area contributed by atoms with E-state index in [0.717, 1.165) is 0 Å². The number of halogens is 2. The number of hydrogen-bond donors (Lipinski definition) is 1. The van der Waals surface area contributed by atoms with Gasteiger partial charge in [-0.3, -0.25) is 4.79 Å². The topological polar surface area (TPSA) is 42.1 Å². The number of pyridine rings is 1. The first-order valence-electron chi connectivity index (χ1n) is 5.89. The number of rotatable bonds is 2. The van der Waals surface area contributed by atoms with E-state index in [1.807, 2.05) is 52.9 Å². The summed E-state index contributed by atoms with van der Waals surface area (Å²) in [5.41, 5.74) is 0.509. The minimum atomic E-state index is -0.0946. The summed E-state index contributed by atoms with van der Waals surface area (Å²) >= 11 is 8.11. The molecule has 20 heavy (non-hydrogen) atoms. The van der Waals surface area contributed by atoms with Crippen molar-refractivity contribution in [2.24, 2.45) is 0 Å². The zero-order valence-electron chi connectivity index (χ0n) is 10.2. The van der Waals surface area contributed by atoms with Crippen LogP contribution in [-0.2, 0) is 0 Å². The van der Waals surface area contributed by atoms with Crippen molar-refractivity contribution in [3.8, 4) is 11.5 Å². The molecule has 0 radical (unpaired) electrons. The van der Waals surface area contributed by atoms with Gasteiger partial charge in [-0.05, 0) is 46.9 Å². The third kappa shape index (κ3) is 2.41. The van der Waals surface area contributed by atoms with Crippen molar-refractivity contribution >= 4 is 45.1 Å². The molecule has 3 nitrogen and oxygen atoms in total. The number of nitrogens with one attached hydrogen (secondary N) is 1. The predicted octanol–water partition coefficient (Wildman–Crippen LogP) is 4.58. The monoisotopic (exact) mass is 397 g/mol. The van der Waals surface area contributed by atoms with Gasteiger partial charge in [0.1, 0.15) is 5.75 Å². The normalized spacial score (nSPS) is 10.7. The summed E-state index contributed by atoms with van der Waals surface area (Å²) < 4.78 is 6.40. The molecule has 1 aromatic heterocycles. The van der Waals surface area contributed by atoms with Gasteiger partial charge in [-0.25, -0.2) is 0 Å². The van der Waals surface area contributed by atoms with Crippen LogP contribution < -0.4 is 10.2 Å². The molecule has 0 fully saturated rings. The molecular formula is C15H9ClINO2. The Kier molecular flexibility index (Phi) is 3.67. The van der Waals surface area contributed by atoms with Crippen molar-refractivity contribution in [1.29, 1.82) is 0 Å². The van der Waals surface area contributed by atoms with Crippen LogP contribution in [0.4, 0.5) is 0 Å². The van der Waals surface area contributed by atoms with E-state index in [2.05, 4.69) is 4.98 Å². The molecule has 0 aliphatic heterocycles. The highest BCUT2D eigenvalue weighted by atomic mass is 127. The standard InChI is InChI=1S/C15H9ClINO2/c16-10-6-7-12(20-9-4-2-1-3-5-9)14-13(10)15(19)11(17)8-18-14/h1-8H,(H,18,19). The van der Waals surface area contributed by atoms with Crippen LogP contribution in [0.3, 0.4) is 0 Å². The molecule has 0 saturated heterocycles. The molecule has 2 aromatic carbocycles. The maximum atomic E-state index is 12.2. The lowest BCUT2D eigenvalue weighted by molar-refractivity contribution is 0.487. The summed E-state index contributed by atoms with van der Waals surface area (Å²) in [6.07, 6.45) is 1.65. The Labute approximate surface area is 133 Å². The van der Waals surface area contributed by atoms with Gasteiger partial charge in [0.05, 0.1) is 19.5 Å². The number of aromatic amines is 1. The first-order chi connectivity index (χ1) is 9.66. The second-order valence-corrected chi connectivity index (χ2v) is 5.75. The molecule has 3 aromatic rings. The minimum absolute atomic E-state index is 0.0946. The lowest BCUT2D eigenvalue weighted by Gasteiger charge is -2.09. The van der Waals surface area contributed by atoms with Gasteiger partial charge in [0.25, 0.3) is 0 Å². The van der Waals surface area contributed by atoms with Crippen LogP contribution in [0, 0.1) is 3.57 Å². The zero-order chi connectivity index (χ0) is 14.1. The number of fused-ring (bicyclic) bond motifs is 1. The SMILES string of the molecule is O=c1c(I)c[nH]c2c(Oc3ccccc3)ccc(Cl)c12. The van der Waals surface area contributed by atoms with Gasteiger partial charge in [0.15, 0.2) is 5.75 Å². The first-order valence-corrected chi connectivity index (χ1v) is 7.35. The molecule has 0 spiro atoms. The van der Waals surface area contributed by atoms with E-state index >= 15 is 0 Å². The van der Waals surface area contributed by atoms with Crippen LogP contribution in [0.25, 0.3) is 10.9 Å². The highest BCUT2D eigenvalue weighted by Gasteiger charge is 2.12. The van der Waals surface area contributed by atoms with Crippen molar-refractivity contribution < 1.29 is 4.74 Å². The molecule has 1 N–H and O–H groups in total. The maximum absolute atomic E-state index is 12.2. The van der Waals surface area contributed by atoms with Crippen molar-refractivity contribution in [3.05, 3.63) is 67.5 Å². The largest absolute Gasteiger partial charge is 0.455 e. The molecule has 0 amide bonds. The number of ether oxygens (including phenoxy) is 1. The lowest BCUT2D eigenvalue weighted by atomic mass is 10.2. The van der Waals surface area contributed by atoms with Crippen LogP contribution in [0.2, 0.25) is 5.02 Å². The summed E-state index contributed by atoms with van der Waals surface area (Å²) in [5, 5.41) is 0.868. The summed E-state index contributed by atoms with van der Waals surface area (Å²) in [4.78, 5) is 15.3. The molecule has 0 unspecified atom stereocenters. The minimum Gasteiger partial charge on any atom is -0.455 e. The van der Waals surface area contributed by atoms with Gasteiger partial charge >= 0.3 is 0 Å². The summed E-state index contributed by atoms with van der Waals surface area (Å²) in [5.74, 6) is 1.28. The van der Waals surface area contributed by atoms with Gasteiger partial charge < -0.3 is 9.72 Å². The Balaban J connectivity index is 2.21. The molecule has 1 heterocycles. The average molecular weight is 398 g/mol. The smallest absolute Gasteiger partial charge is 0.204 e.